The first-order valence-corrected chi connectivity index (χ1v) is 9.12. The first-order valence-electron chi connectivity index (χ1n) is 9.12. The first kappa shape index (κ1) is 18.0. The Bertz CT molecular complexity index is 949. The van der Waals surface area contributed by atoms with Crippen molar-refractivity contribution in [2.24, 2.45) is 0 Å². The predicted molar refractivity (Wildman–Crippen MR) is 102 cm³/mol. The van der Waals surface area contributed by atoms with E-state index in [-0.39, 0.29) is 11.9 Å². The van der Waals surface area contributed by atoms with Gasteiger partial charge in [-0.25, -0.2) is 0 Å². The van der Waals surface area contributed by atoms with Crippen molar-refractivity contribution in [3.8, 4) is 22.9 Å². The number of carbonyl (C=O) groups excluding carboxylic acids is 1. The van der Waals surface area contributed by atoms with Crippen molar-refractivity contribution in [3.63, 3.8) is 0 Å². The van der Waals surface area contributed by atoms with Gasteiger partial charge in [0.2, 0.25) is 11.7 Å². The van der Waals surface area contributed by atoms with Gasteiger partial charge in [-0.05, 0) is 25.0 Å². The highest BCUT2D eigenvalue weighted by atomic mass is 16.5. The number of hydrogen-bond donors (Lipinski definition) is 0. The summed E-state index contributed by atoms with van der Waals surface area (Å²) in [6.07, 6.45) is 1.66. The van der Waals surface area contributed by atoms with E-state index in [1.165, 1.54) is 0 Å². The third kappa shape index (κ3) is 3.43. The minimum atomic E-state index is -0.241. The molecule has 0 saturated carbocycles. The monoisotopic (exact) mass is 379 g/mol. The highest BCUT2D eigenvalue weighted by Crippen LogP contribution is 2.34. The zero-order chi connectivity index (χ0) is 19.5. The van der Waals surface area contributed by atoms with E-state index < -0.39 is 0 Å². The molecule has 1 fully saturated rings. The largest absolute Gasteiger partial charge is 0.497 e. The fourth-order valence-electron chi connectivity index (χ4n) is 3.44. The van der Waals surface area contributed by atoms with E-state index in [1.807, 2.05) is 30.3 Å². The second kappa shape index (κ2) is 7.72. The van der Waals surface area contributed by atoms with Crippen LogP contribution >= 0.6 is 0 Å². The molecule has 1 amide bonds. The average Bonchev–Trinajstić information content (AvgIpc) is 3.42. The highest BCUT2D eigenvalue weighted by molar-refractivity contribution is 5.95. The number of methoxy groups -OCH3 is 2. The number of aromatic nitrogens is 2. The highest BCUT2D eigenvalue weighted by Gasteiger charge is 2.35. The van der Waals surface area contributed by atoms with E-state index >= 15 is 0 Å². The molecular weight excluding hydrogens is 358 g/mol. The minimum Gasteiger partial charge on any atom is -0.497 e. The van der Waals surface area contributed by atoms with Gasteiger partial charge in [-0.3, -0.25) is 4.79 Å². The average molecular weight is 379 g/mol. The first-order chi connectivity index (χ1) is 13.7. The van der Waals surface area contributed by atoms with Gasteiger partial charge >= 0.3 is 0 Å². The number of benzene rings is 2. The third-order valence-corrected chi connectivity index (χ3v) is 4.87. The van der Waals surface area contributed by atoms with Crippen molar-refractivity contribution in [1.82, 2.24) is 15.0 Å². The van der Waals surface area contributed by atoms with Crippen molar-refractivity contribution >= 4 is 5.91 Å². The fourth-order valence-corrected chi connectivity index (χ4v) is 3.44. The predicted octanol–water partition coefficient (Wildman–Crippen LogP) is 3.73. The van der Waals surface area contributed by atoms with Gasteiger partial charge in [-0.15, -0.1) is 0 Å². The van der Waals surface area contributed by atoms with Crippen molar-refractivity contribution in [1.29, 1.82) is 0 Å². The van der Waals surface area contributed by atoms with Crippen LogP contribution in [0.25, 0.3) is 11.4 Å². The molecule has 7 heteroatoms. The van der Waals surface area contributed by atoms with Gasteiger partial charge in [0.25, 0.3) is 5.91 Å². The smallest absolute Gasteiger partial charge is 0.254 e. The Morgan fingerprint density at radius 1 is 1.11 bits per heavy atom. The van der Waals surface area contributed by atoms with Crippen molar-refractivity contribution in [2.75, 3.05) is 20.8 Å². The summed E-state index contributed by atoms with van der Waals surface area (Å²) in [5.41, 5.74) is 1.39. The number of hydrogen-bond acceptors (Lipinski definition) is 6. The zero-order valence-electron chi connectivity index (χ0n) is 15.8. The summed E-state index contributed by atoms with van der Waals surface area (Å²) < 4.78 is 16.1. The molecule has 4 rings (SSSR count). The number of nitrogens with zero attached hydrogens (tertiary/aromatic N) is 3. The van der Waals surface area contributed by atoms with Crippen LogP contribution in [0.15, 0.2) is 53.1 Å². The lowest BCUT2D eigenvalue weighted by atomic mass is 10.1. The van der Waals surface area contributed by atoms with Crippen molar-refractivity contribution < 1.29 is 18.8 Å². The Morgan fingerprint density at radius 3 is 2.50 bits per heavy atom. The molecule has 1 atom stereocenters. The summed E-state index contributed by atoms with van der Waals surface area (Å²) in [7, 11) is 3.12. The summed E-state index contributed by atoms with van der Waals surface area (Å²) >= 11 is 0. The molecule has 0 spiro atoms. The molecule has 7 nitrogen and oxygen atoms in total. The standard InChI is InChI=1S/C21H21N3O4/c1-26-16-11-15(12-17(13-16)27-2)21(25)24-10-6-9-18(24)20-22-19(23-28-20)14-7-4-3-5-8-14/h3-5,7-8,11-13,18H,6,9-10H2,1-2H3/t18-/m0/s1. The third-order valence-electron chi connectivity index (χ3n) is 4.87. The zero-order valence-corrected chi connectivity index (χ0v) is 15.8. The van der Waals surface area contributed by atoms with Crippen LogP contribution in [0.5, 0.6) is 11.5 Å². The summed E-state index contributed by atoms with van der Waals surface area (Å²) in [5, 5.41) is 4.09. The van der Waals surface area contributed by atoms with E-state index in [4.69, 9.17) is 14.0 Å². The van der Waals surface area contributed by atoms with Crippen LogP contribution in [0.3, 0.4) is 0 Å². The normalized spacial score (nSPS) is 16.2. The van der Waals surface area contributed by atoms with Gasteiger partial charge in [0, 0.05) is 23.7 Å². The van der Waals surface area contributed by atoms with Crippen LogP contribution in [0.4, 0.5) is 0 Å². The Kier molecular flexibility index (Phi) is 4.97. The topological polar surface area (TPSA) is 77.7 Å². The van der Waals surface area contributed by atoms with Gasteiger partial charge in [0.15, 0.2) is 0 Å². The fraction of sp³-hybridized carbons (Fsp3) is 0.286. The van der Waals surface area contributed by atoms with Crippen LogP contribution in [0.1, 0.15) is 35.1 Å². The molecule has 2 aromatic carbocycles. The SMILES string of the molecule is COc1cc(OC)cc(C(=O)N2CCC[C@H]2c2nc(-c3ccccc3)no2)c1. The molecule has 0 radical (unpaired) electrons. The van der Waals surface area contributed by atoms with Crippen molar-refractivity contribution in [3.05, 3.63) is 60.0 Å². The lowest BCUT2D eigenvalue weighted by Crippen LogP contribution is -2.30. The van der Waals surface area contributed by atoms with Crippen molar-refractivity contribution in [2.45, 2.75) is 18.9 Å². The maximum atomic E-state index is 13.2. The lowest BCUT2D eigenvalue weighted by molar-refractivity contribution is 0.0709. The van der Waals surface area contributed by atoms with Gasteiger partial charge < -0.3 is 18.9 Å². The molecular formula is C21H21N3O4. The molecule has 3 aromatic rings. The summed E-state index contributed by atoms with van der Waals surface area (Å²) in [4.78, 5) is 19.5. The number of rotatable bonds is 5. The molecule has 1 saturated heterocycles. The molecule has 0 aliphatic carbocycles. The Morgan fingerprint density at radius 2 is 1.82 bits per heavy atom. The van der Waals surface area contributed by atoms with E-state index in [0.717, 1.165) is 18.4 Å². The molecule has 0 unspecified atom stereocenters. The number of carbonyl (C=O) groups is 1. The molecule has 1 aliphatic heterocycles. The van der Waals surface area contributed by atoms with Crippen LogP contribution < -0.4 is 9.47 Å². The van der Waals surface area contributed by atoms with E-state index in [0.29, 0.717) is 35.3 Å². The molecule has 0 N–H and O–H groups in total. The maximum absolute atomic E-state index is 13.2. The second-order valence-corrected chi connectivity index (χ2v) is 6.58. The molecule has 0 bridgehead atoms. The van der Waals surface area contributed by atoms with Crippen LogP contribution in [0, 0.1) is 0 Å². The van der Waals surface area contributed by atoms with E-state index in [1.54, 1.807) is 37.3 Å². The van der Waals surface area contributed by atoms with Gasteiger partial charge in [0.05, 0.1) is 14.2 Å². The van der Waals surface area contributed by atoms with E-state index in [2.05, 4.69) is 10.1 Å². The molecule has 1 aliphatic rings. The summed E-state index contributed by atoms with van der Waals surface area (Å²) in [5.74, 6) is 2.02. The molecule has 1 aromatic heterocycles. The van der Waals surface area contributed by atoms with Gasteiger partial charge in [-0.1, -0.05) is 35.5 Å². The quantitative estimate of drug-likeness (QED) is 0.672. The van der Waals surface area contributed by atoms with E-state index in [9.17, 15) is 4.79 Å². The number of likely N-dealkylation sites (tertiary alicyclic amines) is 1. The number of amides is 1. The lowest BCUT2D eigenvalue weighted by Gasteiger charge is -2.22. The molecule has 144 valence electrons. The Labute approximate surface area is 162 Å². The maximum Gasteiger partial charge on any atom is 0.254 e. The van der Waals surface area contributed by atoms with Crippen LogP contribution in [-0.4, -0.2) is 41.7 Å². The Balaban J connectivity index is 1.60. The van der Waals surface area contributed by atoms with Gasteiger partial charge in [-0.2, -0.15) is 4.98 Å². The Hall–Kier alpha value is -3.35. The van der Waals surface area contributed by atoms with Crippen LogP contribution in [-0.2, 0) is 0 Å². The second-order valence-electron chi connectivity index (χ2n) is 6.58. The van der Waals surface area contributed by atoms with Crippen LogP contribution in [0.2, 0.25) is 0 Å². The number of ether oxygens (including phenoxy) is 2. The summed E-state index contributed by atoms with van der Waals surface area (Å²) in [6, 6.07) is 14.6. The molecule has 28 heavy (non-hydrogen) atoms. The minimum absolute atomic E-state index is 0.112. The summed E-state index contributed by atoms with van der Waals surface area (Å²) in [6.45, 7) is 0.631. The van der Waals surface area contributed by atoms with Gasteiger partial charge in [0.1, 0.15) is 17.5 Å². The molecule has 2 heterocycles.